The number of anilines is 3. The van der Waals surface area contributed by atoms with Gasteiger partial charge in [0.05, 0.1) is 10.9 Å². The Hall–Kier alpha value is -4.08. The van der Waals surface area contributed by atoms with Gasteiger partial charge in [0.15, 0.2) is 11.5 Å². The monoisotopic (exact) mass is 452 g/mol. The molecule has 1 aliphatic rings. The summed E-state index contributed by atoms with van der Waals surface area (Å²) in [5.41, 5.74) is 9.13. The molecule has 33 heavy (non-hydrogen) atoms. The molecule has 2 heterocycles. The van der Waals surface area contributed by atoms with Crippen LogP contribution in [0.4, 0.5) is 35.2 Å². The average molecular weight is 452 g/mol. The van der Waals surface area contributed by atoms with Crippen molar-refractivity contribution in [3.05, 3.63) is 65.9 Å². The van der Waals surface area contributed by atoms with Gasteiger partial charge in [-0.15, -0.1) is 0 Å². The van der Waals surface area contributed by atoms with Crippen molar-refractivity contribution in [3.8, 4) is 11.1 Å². The number of alkyl halides is 3. The second-order valence-electron chi connectivity index (χ2n) is 7.94. The number of rotatable bonds is 4. The number of hydrogen-bond donors (Lipinski definition) is 4. The second kappa shape index (κ2) is 7.80. The number of fused-ring (bicyclic) bond motifs is 1. The molecule has 0 bridgehead atoms. The van der Waals surface area contributed by atoms with Crippen LogP contribution in [0.15, 0.2) is 54.6 Å². The molecular formula is C23H19F3N6O. The molecule has 1 aliphatic carbocycles. The number of pyridine rings is 1. The number of aromatic nitrogens is 3. The third-order valence-corrected chi connectivity index (χ3v) is 5.47. The molecule has 2 amide bonds. The topological polar surface area (TPSA) is 109 Å². The maximum absolute atomic E-state index is 12.9. The number of hydrogen-bond acceptors (Lipinski definition) is 4. The lowest BCUT2D eigenvalue weighted by Crippen LogP contribution is -2.19. The quantitative estimate of drug-likeness (QED) is 0.316. The lowest BCUT2D eigenvalue weighted by Gasteiger charge is -2.11. The summed E-state index contributed by atoms with van der Waals surface area (Å²) in [7, 11) is 0. The van der Waals surface area contributed by atoms with Crippen LogP contribution in [0.5, 0.6) is 0 Å². The first-order valence-electron chi connectivity index (χ1n) is 10.3. The highest BCUT2D eigenvalue weighted by atomic mass is 19.4. The number of nitrogens with two attached hydrogens (primary N) is 1. The van der Waals surface area contributed by atoms with E-state index in [2.05, 4.69) is 25.8 Å². The Balaban J connectivity index is 1.34. The number of nitrogens with one attached hydrogen (secondary N) is 3. The van der Waals surface area contributed by atoms with E-state index in [-0.39, 0.29) is 5.69 Å². The van der Waals surface area contributed by atoms with E-state index in [1.54, 1.807) is 12.1 Å². The molecular weight excluding hydrogens is 433 g/mol. The smallest absolute Gasteiger partial charge is 0.382 e. The molecule has 5 rings (SSSR count). The number of halogens is 3. The van der Waals surface area contributed by atoms with Gasteiger partial charge in [0.25, 0.3) is 0 Å². The van der Waals surface area contributed by atoms with Crippen LogP contribution in [-0.4, -0.2) is 21.2 Å². The van der Waals surface area contributed by atoms with Crippen molar-refractivity contribution in [3.63, 3.8) is 0 Å². The van der Waals surface area contributed by atoms with E-state index in [0.29, 0.717) is 23.1 Å². The van der Waals surface area contributed by atoms with Crippen LogP contribution in [-0.2, 0) is 6.18 Å². The average Bonchev–Trinajstić information content (AvgIpc) is 3.56. The van der Waals surface area contributed by atoms with E-state index >= 15 is 0 Å². The zero-order valence-electron chi connectivity index (χ0n) is 17.2. The Labute approximate surface area is 186 Å². The van der Waals surface area contributed by atoms with Crippen molar-refractivity contribution >= 4 is 34.3 Å². The lowest BCUT2D eigenvalue weighted by molar-refractivity contribution is -0.137. The minimum atomic E-state index is -4.49. The molecule has 1 saturated carbocycles. The van der Waals surface area contributed by atoms with Gasteiger partial charge in [0.1, 0.15) is 0 Å². The first-order valence-corrected chi connectivity index (χ1v) is 10.3. The van der Waals surface area contributed by atoms with Gasteiger partial charge in [-0.2, -0.15) is 18.3 Å². The molecule has 1 fully saturated rings. The molecule has 7 nitrogen and oxygen atoms in total. The number of carbonyl (C=O) groups is 1. The van der Waals surface area contributed by atoms with Crippen LogP contribution in [0.25, 0.3) is 22.2 Å². The minimum Gasteiger partial charge on any atom is -0.382 e. The summed E-state index contributed by atoms with van der Waals surface area (Å²) >= 11 is 0. The van der Waals surface area contributed by atoms with E-state index < -0.39 is 17.8 Å². The normalized spacial score (nSPS) is 13.8. The molecule has 0 spiro atoms. The maximum atomic E-state index is 12.9. The first kappa shape index (κ1) is 20.8. The van der Waals surface area contributed by atoms with Gasteiger partial charge in [0, 0.05) is 23.0 Å². The molecule has 0 aliphatic heterocycles. The number of aromatic amines is 1. The second-order valence-corrected chi connectivity index (χ2v) is 7.94. The number of amides is 2. The van der Waals surface area contributed by atoms with E-state index in [1.807, 2.05) is 18.2 Å². The third kappa shape index (κ3) is 4.32. The summed E-state index contributed by atoms with van der Waals surface area (Å²) in [5, 5.41) is 12.7. The first-order chi connectivity index (χ1) is 15.8. The zero-order valence-corrected chi connectivity index (χ0v) is 17.2. The van der Waals surface area contributed by atoms with Gasteiger partial charge >= 0.3 is 12.2 Å². The Kier molecular flexibility index (Phi) is 4.92. The van der Waals surface area contributed by atoms with E-state index in [1.165, 1.54) is 12.1 Å². The molecule has 0 radical (unpaired) electrons. The van der Waals surface area contributed by atoms with Crippen molar-refractivity contribution < 1.29 is 18.0 Å². The molecule has 10 heteroatoms. The summed E-state index contributed by atoms with van der Waals surface area (Å²) in [6.07, 6.45) is -2.28. The molecule has 0 saturated heterocycles. The fourth-order valence-electron chi connectivity index (χ4n) is 3.69. The Bertz CT molecular complexity index is 1340. The highest BCUT2D eigenvalue weighted by Gasteiger charge is 2.30. The maximum Gasteiger partial charge on any atom is 0.416 e. The number of nitrogen functional groups attached to an aromatic ring is 1. The number of carbonyl (C=O) groups excluding carboxylic acids is 1. The standard InChI is InChI=1S/C23H19F3N6O/c24-23(25,26)14-2-1-3-16(10-14)29-22(33)28-15-8-6-12(7-9-15)17-11-18(13-4-5-13)30-21-19(17)20(27)31-32-21/h1-3,6-11,13H,4-5H2,(H2,28,29,33)(H3,27,30,31,32). The Morgan fingerprint density at radius 1 is 1.03 bits per heavy atom. The lowest BCUT2D eigenvalue weighted by atomic mass is 10.0. The fraction of sp³-hybridized carbons (Fsp3) is 0.174. The van der Waals surface area contributed by atoms with Crippen molar-refractivity contribution in [1.29, 1.82) is 0 Å². The predicted molar refractivity (Wildman–Crippen MR) is 120 cm³/mol. The predicted octanol–water partition coefficient (Wildman–Crippen LogP) is 5.75. The molecule has 5 N–H and O–H groups in total. The molecule has 2 aromatic carbocycles. The summed E-state index contributed by atoms with van der Waals surface area (Å²) in [6, 6.07) is 12.9. The van der Waals surface area contributed by atoms with Crippen LogP contribution in [0.1, 0.15) is 30.0 Å². The molecule has 0 atom stereocenters. The number of H-pyrrole nitrogens is 1. The Morgan fingerprint density at radius 2 is 1.76 bits per heavy atom. The van der Waals surface area contributed by atoms with E-state index in [0.717, 1.165) is 47.2 Å². The highest BCUT2D eigenvalue weighted by molar-refractivity contribution is 6.01. The largest absolute Gasteiger partial charge is 0.416 e. The van der Waals surface area contributed by atoms with Crippen molar-refractivity contribution in [2.24, 2.45) is 0 Å². The van der Waals surface area contributed by atoms with Gasteiger partial charge in [-0.3, -0.25) is 5.10 Å². The van der Waals surface area contributed by atoms with Gasteiger partial charge in [-0.25, -0.2) is 9.78 Å². The summed E-state index contributed by atoms with van der Waals surface area (Å²) < 4.78 is 38.6. The number of nitrogens with zero attached hydrogens (tertiary/aromatic N) is 2. The minimum absolute atomic E-state index is 0.0427. The molecule has 168 valence electrons. The highest BCUT2D eigenvalue weighted by Crippen LogP contribution is 2.42. The van der Waals surface area contributed by atoms with Crippen LogP contribution in [0.3, 0.4) is 0 Å². The molecule has 0 unspecified atom stereocenters. The molecule has 4 aromatic rings. The number of urea groups is 1. The fourth-order valence-corrected chi connectivity index (χ4v) is 3.69. The van der Waals surface area contributed by atoms with Crippen LogP contribution in [0, 0.1) is 0 Å². The third-order valence-electron chi connectivity index (χ3n) is 5.47. The number of benzene rings is 2. The summed E-state index contributed by atoms with van der Waals surface area (Å²) in [4.78, 5) is 16.9. The summed E-state index contributed by atoms with van der Waals surface area (Å²) in [6.45, 7) is 0. The van der Waals surface area contributed by atoms with Gasteiger partial charge in [-0.1, -0.05) is 18.2 Å². The van der Waals surface area contributed by atoms with Crippen LogP contribution < -0.4 is 16.4 Å². The Morgan fingerprint density at radius 3 is 2.45 bits per heavy atom. The molecule has 2 aromatic heterocycles. The van der Waals surface area contributed by atoms with Gasteiger partial charge < -0.3 is 16.4 Å². The van der Waals surface area contributed by atoms with E-state index in [9.17, 15) is 18.0 Å². The van der Waals surface area contributed by atoms with Crippen molar-refractivity contribution in [2.75, 3.05) is 16.4 Å². The van der Waals surface area contributed by atoms with Crippen molar-refractivity contribution in [2.45, 2.75) is 24.9 Å². The van der Waals surface area contributed by atoms with Gasteiger partial charge in [-0.05, 0) is 60.4 Å². The van der Waals surface area contributed by atoms with Gasteiger partial charge in [0.2, 0.25) is 0 Å². The SMILES string of the molecule is Nc1n[nH]c2nc(C3CC3)cc(-c3ccc(NC(=O)Nc4cccc(C(F)(F)F)c4)cc3)c12. The van der Waals surface area contributed by atoms with E-state index in [4.69, 9.17) is 5.73 Å². The van der Waals surface area contributed by atoms with Crippen LogP contribution in [0.2, 0.25) is 0 Å². The zero-order chi connectivity index (χ0) is 23.2. The van der Waals surface area contributed by atoms with Crippen molar-refractivity contribution in [1.82, 2.24) is 15.2 Å². The summed E-state index contributed by atoms with van der Waals surface area (Å²) in [5.74, 6) is 0.802. The van der Waals surface area contributed by atoms with Crippen LogP contribution >= 0.6 is 0 Å².